The largest absolute Gasteiger partial charge is 0.463 e. The number of rotatable bonds is 6. The summed E-state index contributed by atoms with van der Waals surface area (Å²) in [4.78, 5) is 26.8. The van der Waals surface area contributed by atoms with Crippen LogP contribution in [-0.4, -0.2) is 36.5 Å². The number of ether oxygens (including phenoxy) is 1. The molecule has 3 fully saturated rings. The molecule has 4 aliphatic carbocycles. The number of nitrogens with zero attached hydrogens (tertiary/aromatic N) is 1. The van der Waals surface area contributed by atoms with E-state index in [1.165, 1.54) is 32.1 Å². The minimum Gasteiger partial charge on any atom is -0.463 e. The van der Waals surface area contributed by atoms with Crippen LogP contribution in [0.3, 0.4) is 0 Å². The third-order valence-electron chi connectivity index (χ3n) is 10.7. The van der Waals surface area contributed by atoms with Crippen molar-refractivity contribution in [3.63, 3.8) is 0 Å². The Hall–Kier alpha value is -1.32. The standard InChI is InChI=1S/C29H47NO3/c1-7-8-17-30(6)27(32)19(2)24-11-12-25-23-10-9-21-18-22(33-20(3)31)13-15-28(21,4)26(23)14-16-29(24,25)5/h10,19,21-22,24-26H,7-9,11-18H2,1-6H3/t19-,21-,22-,24+,25-,26-,28-,29+/m0/s1. The summed E-state index contributed by atoms with van der Waals surface area (Å²) in [5.41, 5.74) is 2.32. The molecule has 4 aliphatic rings. The van der Waals surface area contributed by atoms with Gasteiger partial charge in [0.05, 0.1) is 0 Å². The Morgan fingerprint density at radius 1 is 1.12 bits per heavy atom. The Morgan fingerprint density at radius 2 is 1.82 bits per heavy atom. The maximum atomic E-state index is 13.3. The maximum Gasteiger partial charge on any atom is 0.302 e. The van der Waals surface area contributed by atoms with Gasteiger partial charge < -0.3 is 9.64 Å². The number of esters is 1. The van der Waals surface area contributed by atoms with Gasteiger partial charge in [0.15, 0.2) is 0 Å². The molecule has 0 bridgehead atoms. The van der Waals surface area contributed by atoms with E-state index >= 15 is 0 Å². The van der Waals surface area contributed by atoms with E-state index in [-0.39, 0.29) is 23.4 Å². The van der Waals surface area contributed by atoms with Gasteiger partial charge in [-0.1, -0.05) is 45.8 Å². The molecular formula is C29H47NO3. The fourth-order valence-corrected chi connectivity index (χ4v) is 8.70. The molecule has 3 saturated carbocycles. The predicted octanol–water partition coefficient (Wildman–Crippen LogP) is 6.39. The Morgan fingerprint density at radius 3 is 2.52 bits per heavy atom. The zero-order valence-corrected chi connectivity index (χ0v) is 22.0. The highest BCUT2D eigenvalue weighted by atomic mass is 16.5. The number of hydrogen-bond donors (Lipinski definition) is 0. The van der Waals surface area contributed by atoms with Crippen molar-refractivity contribution >= 4 is 11.9 Å². The van der Waals surface area contributed by atoms with Crippen molar-refractivity contribution in [2.45, 2.75) is 105 Å². The molecule has 0 aromatic rings. The van der Waals surface area contributed by atoms with Gasteiger partial charge in [0.25, 0.3) is 0 Å². The fourth-order valence-electron chi connectivity index (χ4n) is 8.70. The average Bonchev–Trinajstić information content (AvgIpc) is 3.13. The molecular weight excluding hydrogens is 410 g/mol. The fraction of sp³-hybridized carbons (Fsp3) is 0.862. The summed E-state index contributed by atoms with van der Waals surface area (Å²) in [5, 5.41) is 0. The van der Waals surface area contributed by atoms with Gasteiger partial charge in [-0.05, 0) is 92.3 Å². The van der Waals surface area contributed by atoms with E-state index in [0.717, 1.165) is 38.6 Å². The first-order valence-corrected chi connectivity index (χ1v) is 13.7. The minimum atomic E-state index is -0.134. The molecule has 0 unspecified atom stereocenters. The summed E-state index contributed by atoms with van der Waals surface area (Å²) in [5.74, 6) is 2.76. The van der Waals surface area contributed by atoms with Crippen LogP contribution in [0.1, 0.15) is 98.8 Å². The monoisotopic (exact) mass is 457 g/mol. The van der Waals surface area contributed by atoms with Gasteiger partial charge in [0.1, 0.15) is 6.10 Å². The number of hydrogen-bond acceptors (Lipinski definition) is 3. The van der Waals surface area contributed by atoms with E-state index < -0.39 is 0 Å². The van der Waals surface area contributed by atoms with Gasteiger partial charge in [0, 0.05) is 26.4 Å². The molecule has 4 rings (SSSR count). The van der Waals surface area contributed by atoms with Crippen LogP contribution in [0.25, 0.3) is 0 Å². The van der Waals surface area contributed by atoms with Crippen molar-refractivity contribution in [3.05, 3.63) is 11.6 Å². The van der Waals surface area contributed by atoms with Crippen LogP contribution >= 0.6 is 0 Å². The zero-order valence-electron chi connectivity index (χ0n) is 22.0. The SMILES string of the molecule is CCCCN(C)C(=O)[C@@H](C)[C@H]1CC[C@H]2C3=CC[C@H]4C[C@@H](OC(C)=O)CC[C@]4(C)[C@H]3CC[C@]12C. The number of amides is 1. The van der Waals surface area contributed by atoms with Gasteiger partial charge in [-0.3, -0.25) is 9.59 Å². The highest BCUT2D eigenvalue weighted by Gasteiger charge is 2.59. The second-order valence-corrected chi connectivity index (χ2v) is 12.4. The van der Waals surface area contributed by atoms with E-state index in [0.29, 0.717) is 35.0 Å². The van der Waals surface area contributed by atoms with Crippen LogP contribution in [0.5, 0.6) is 0 Å². The van der Waals surface area contributed by atoms with Crippen LogP contribution < -0.4 is 0 Å². The lowest BCUT2D eigenvalue weighted by molar-refractivity contribution is -0.152. The molecule has 0 aromatic heterocycles. The molecule has 0 heterocycles. The molecule has 0 aliphatic heterocycles. The predicted molar refractivity (Wildman–Crippen MR) is 132 cm³/mol. The third kappa shape index (κ3) is 4.29. The van der Waals surface area contributed by atoms with Gasteiger partial charge in [-0.15, -0.1) is 0 Å². The molecule has 1 amide bonds. The number of allylic oxidation sites excluding steroid dienone is 2. The molecule has 0 radical (unpaired) electrons. The molecule has 4 nitrogen and oxygen atoms in total. The second kappa shape index (κ2) is 9.38. The van der Waals surface area contributed by atoms with Crippen LogP contribution in [0.4, 0.5) is 0 Å². The Kier molecular flexibility index (Phi) is 7.05. The summed E-state index contributed by atoms with van der Waals surface area (Å²) < 4.78 is 5.62. The zero-order chi connectivity index (χ0) is 24.0. The lowest BCUT2D eigenvalue weighted by Crippen LogP contribution is -2.50. The van der Waals surface area contributed by atoms with Crippen LogP contribution in [0, 0.1) is 40.4 Å². The Balaban J connectivity index is 1.50. The molecule has 186 valence electrons. The van der Waals surface area contributed by atoms with Crippen LogP contribution in [0.15, 0.2) is 11.6 Å². The summed E-state index contributed by atoms with van der Waals surface area (Å²) in [6, 6.07) is 0. The molecule has 4 heteroatoms. The number of fused-ring (bicyclic) bond motifs is 5. The van der Waals surface area contributed by atoms with Gasteiger partial charge in [-0.2, -0.15) is 0 Å². The molecule has 0 aromatic carbocycles. The number of unbranched alkanes of at least 4 members (excludes halogenated alkanes) is 1. The van der Waals surface area contributed by atoms with E-state index in [9.17, 15) is 9.59 Å². The molecule has 0 spiro atoms. The molecule has 33 heavy (non-hydrogen) atoms. The van der Waals surface area contributed by atoms with E-state index in [1.807, 2.05) is 11.9 Å². The number of carbonyl (C=O) groups is 2. The van der Waals surface area contributed by atoms with E-state index in [1.54, 1.807) is 12.5 Å². The summed E-state index contributed by atoms with van der Waals surface area (Å²) in [7, 11) is 2.00. The lowest BCUT2D eigenvalue weighted by atomic mass is 9.47. The van der Waals surface area contributed by atoms with Crippen molar-refractivity contribution in [1.82, 2.24) is 4.90 Å². The molecule has 0 saturated heterocycles. The highest BCUT2D eigenvalue weighted by molar-refractivity contribution is 5.78. The molecule has 0 N–H and O–H groups in total. The van der Waals surface area contributed by atoms with E-state index in [2.05, 4.69) is 33.8 Å². The van der Waals surface area contributed by atoms with Crippen molar-refractivity contribution in [3.8, 4) is 0 Å². The van der Waals surface area contributed by atoms with Crippen LogP contribution in [0.2, 0.25) is 0 Å². The van der Waals surface area contributed by atoms with E-state index in [4.69, 9.17) is 4.74 Å². The third-order valence-corrected chi connectivity index (χ3v) is 10.7. The normalized spacial score (nSPS) is 40.7. The topological polar surface area (TPSA) is 46.6 Å². The second-order valence-electron chi connectivity index (χ2n) is 12.4. The smallest absolute Gasteiger partial charge is 0.302 e. The van der Waals surface area contributed by atoms with Gasteiger partial charge in [0.2, 0.25) is 5.91 Å². The first-order valence-electron chi connectivity index (χ1n) is 13.7. The van der Waals surface area contributed by atoms with Crippen LogP contribution in [-0.2, 0) is 14.3 Å². The van der Waals surface area contributed by atoms with Gasteiger partial charge in [-0.25, -0.2) is 0 Å². The lowest BCUT2D eigenvalue weighted by Gasteiger charge is -2.58. The maximum absolute atomic E-state index is 13.3. The first-order chi connectivity index (χ1) is 15.6. The quantitative estimate of drug-likeness (QED) is 0.343. The van der Waals surface area contributed by atoms with Crippen molar-refractivity contribution in [2.75, 3.05) is 13.6 Å². The van der Waals surface area contributed by atoms with Crippen molar-refractivity contribution in [2.24, 2.45) is 40.4 Å². The van der Waals surface area contributed by atoms with Gasteiger partial charge >= 0.3 is 5.97 Å². The highest BCUT2D eigenvalue weighted by Crippen LogP contribution is 2.66. The number of carbonyl (C=O) groups excluding carboxylic acids is 2. The first kappa shape index (κ1) is 24.8. The Bertz CT molecular complexity index is 790. The summed E-state index contributed by atoms with van der Waals surface area (Å²) in [6.07, 6.45) is 14.2. The average molecular weight is 458 g/mol. The van der Waals surface area contributed by atoms with Crippen molar-refractivity contribution < 1.29 is 14.3 Å². The summed E-state index contributed by atoms with van der Waals surface area (Å²) >= 11 is 0. The Labute approximate surface area is 201 Å². The summed E-state index contributed by atoms with van der Waals surface area (Å²) in [6.45, 7) is 11.9. The minimum absolute atomic E-state index is 0.108. The molecule has 8 atom stereocenters. The van der Waals surface area contributed by atoms with Crippen molar-refractivity contribution in [1.29, 1.82) is 0 Å².